The van der Waals surface area contributed by atoms with Crippen LogP contribution in [-0.2, 0) is 6.42 Å². The van der Waals surface area contributed by atoms with Crippen LogP contribution in [0.25, 0.3) is 0 Å². The van der Waals surface area contributed by atoms with E-state index in [0.29, 0.717) is 5.02 Å². The summed E-state index contributed by atoms with van der Waals surface area (Å²) in [6.45, 7) is 5.01. The third-order valence-electron chi connectivity index (χ3n) is 3.41. The first-order valence-corrected chi connectivity index (χ1v) is 7.50. The summed E-state index contributed by atoms with van der Waals surface area (Å²) < 4.78 is 5.47. The van der Waals surface area contributed by atoms with Gasteiger partial charge in [-0.15, -0.1) is 0 Å². The molecular formula is C17H21ClN2O. The average molecular weight is 305 g/mol. The van der Waals surface area contributed by atoms with Crippen molar-refractivity contribution in [3.63, 3.8) is 0 Å². The minimum absolute atomic E-state index is 0.150. The van der Waals surface area contributed by atoms with Crippen molar-refractivity contribution in [3.05, 3.63) is 58.4 Å². The van der Waals surface area contributed by atoms with E-state index in [1.807, 2.05) is 31.3 Å². The van der Waals surface area contributed by atoms with Gasteiger partial charge >= 0.3 is 0 Å². The Balaban J connectivity index is 2.28. The Hall–Kier alpha value is -1.58. The molecular weight excluding hydrogens is 284 g/mol. The van der Waals surface area contributed by atoms with Gasteiger partial charge in [-0.1, -0.05) is 30.7 Å². The maximum Gasteiger partial charge on any atom is 0.125 e. The van der Waals surface area contributed by atoms with E-state index in [1.54, 1.807) is 7.11 Å². The van der Waals surface area contributed by atoms with Gasteiger partial charge in [-0.3, -0.25) is 4.98 Å². The first-order chi connectivity index (χ1) is 10.1. The highest BCUT2D eigenvalue weighted by Gasteiger charge is 2.16. The predicted molar refractivity (Wildman–Crippen MR) is 87.1 cm³/mol. The molecule has 1 N–H and O–H groups in total. The molecule has 112 valence electrons. The van der Waals surface area contributed by atoms with E-state index < -0.39 is 0 Å². The number of pyridine rings is 1. The standard InChI is InChI=1S/C17H21ClN2O/c1-4-19-16(10-14-7-5-12(2)11-20-14)15-8-6-13(18)9-17(15)21-3/h5-9,11,16,19H,4,10H2,1-3H3. The van der Waals surface area contributed by atoms with E-state index in [-0.39, 0.29) is 6.04 Å². The second-order valence-corrected chi connectivity index (χ2v) is 5.46. The molecule has 0 fully saturated rings. The van der Waals surface area contributed by atoms with Crippen LogP contribution in [0.5, 0.6) is 5.75 Å². The van der Waals surface area contributed by atoms with Gasteiger partial charge in [0, 0.05) is 34.9 Å². The number of nitrogens with zero attached hydrogens (tertiary/aromatic N) is 1. The zero-order chi connectivity index (χ0) is 15.2. The average Bonchev–Trinajstić information content (AvgIpc) is 2.49. The first-order valence-electron chi connectivity index (χ1n) is 7.12. The van der Waals surface area contributed by atoms with Gasteiger partial charge in [0.15, 0.2) is 0 Å². The van der Waals surface area contributed by atoms with Gasteiger partial charge in [-0.25, -0.2) is 0 Å². The van der Waals surface area contributed by atoms with Gasteiger partial charge in [-0.2, -0.15) is 0 Å². The van der Waals surface area contributed by atoms with E-state index >= 15 is 0 Å². The Bertz CT molecular complexity index is 584. The van der Waals surface area contributed by atoms with Crippen molar-refractivity contribution in [3.8, 4) is 5.75 Å². The molecule has 2 rings (SSSR count). The van der Waals surface area contributed by atoms with Crippen LogP contribution >= 0.6 is 11.6 Å². The summed E-state index contributed by atoms with van der Waals surface area (Å²) in [5.41, 5.74) is 3.33. The lowest BCUT2D eigenvalue weighted by atomic mass is 10.00. The summed E-state index contributed by atoms with van der Waals surface area (Å²) in [5.74, 6) is 0.806. The molecule has 1 atom stereocenters. The van der Waals surface area contributed by atoms with Gasteiger partial charge in [0.25, 0.3) is 0 Å². The number of aryl methyl sites for hydroxylation is 1. The molecule has 4 heteroatoms. The number of hydrogen-bond donors (Lipinski definition) is 1. The SMILES string of the molecule is CCNC(Cc1ccc(C)cn1)c1ccc(Cl)cc1OC. The van der Waals surface area contributed by atoms with E-state index in [0.717, 1.165) is 30.0 Å². The van der Waals surface area contributed by atoms with Gasteiger partial charge in [0.05, 0.1) is 7.11 Å². The first kappa shape index (κ1) is 15.8. The number of halogens is 1. The maximum absolute atomic E-state index is 6.04. The number of ether oxygens (including phenoxy) is 1. The molecule has 1 aromatic carbocycles. The molecule has 2 aromatic rings. The molecule has 0 saturated carbocycles. The van der Waals surface area contributed by atoms with Gasteiger partial charge in [0.2, 0.25) is 0 Å². The summed E-state index contributed by atoms with van der Waals surface area (Å²) in [5, 5.41) is 4.17. The quantitative estimate of drug-likeness (QED) is 0.877. The lowest BCUT2D eigenvalue weighted by Gasteiger charge is -2.20. The number of nitrogens with one attached hydrogen (secondary N) is 1. The van der Waals surface area contributed by atoms with Gasteiger partial charge in [-0.05, 0) is 37.2 Å². The number of methoxy groups -OCH3 is 1. The van der Waals surface area contributed by atoms with Crippen molar-refractivity contribution < 1.29 is 4.74 Å². The van der Waals surface area contributed by atoms with Crippen LogP contribution in [0.3, 0.4) is 0 Å². The molecule has 1 heterocycles. The fraction of sp³-hybridized carbons (Fsp3) is 0.353. The van der Waals surface area contributed by atoms with Crippen LogP contribution in [0, 0.1) is 6.92 Å². The Morgan fingerprint density at radius 2 is 2.10 bits per heavy atom. The lowest BCUT2D eigenvalue weighted by molar-refractivity contribution is 0.399. The van der Waals surface area contributed by atoms with Crippen LogP contribution in [0.15, 0.2) is 36.5 Å². The van der Waals surface area contributed by atoms with Crippen molar-refractivity contribution in [1.82, 2.24) is 10.3 Å². The van der Waals surface area contributed by atoms with Crippen molar-refractivity contribution in [2.24, 2.45) is 0 Å². The summed E-state index contributed by atoms with van der Waals surface area (Å²) in [6, 6.07) is 10.1. The van der Waals surface area contributed by atoms with Crippen LogP contribution in [0.2, 0.25) is 5.02 Å². The summed E-state index contributed by atoms with van der Waals surface area (Å²) >= 11 is 6.04. The Labute approximate surface area is 131 Å². The molecule has 21 heavy (non-hydrogen) atoms. The minimum Gasteiger partial charge on any atom is -0.496 e. The predicted octanol–water partition coefficient (Wildman–Crippen LogP) is 3.95. The van der Waals surface area contributed by atoms with Crippen molar-refractivity contribution in [1.29, 1.82) is 0 Å². The van der Waals surface area contributed by atoms with Crippen LogP contribution in [0.1, 0.15) is 29.8 Å². The number of rotatable bonds is 6. The topological polar surface area (TPSA) is 34.2 Å². The molecule has 0 saturated heterocycles. The molecule has 0 radical (unpaired) electrons. The third-order valence-corrected chi connectivity index (χ3v) is 3.64. The molecule has 0 aliphatic heterocycles. The molecule has 0 aliphatic rings. The van der Waals surface area contributed by atoms with E-state index in [4.69, 9.17) is 16.3 Å². The van der Waals surface area contributed by atoms with Gasteiger partial charge < -0.3 is 10.1 Å². The van der Waals surface area contributed by atoms with E-state index in [9.17, 15) is 0 Å². The Kier molecular flexibility index (Phi) is 5.59. The highest BCUT2D eigenvalue weighted by atomic mass is 35.5. The van der Waals surface area contributed by atoms with Crippen LogP contribution in [-0.4, -0.2) is 18.6 Å². The monoisotopic (exact) mass is 304 g/mol. The number of hydrogen-bond acceptors (Lipinski definition) is 3. The number of aromatic nitrogens is 1. The Morgan fingerprint density at radius 3 is 2.71 bits per heavy atom. The van der Waals surface area contributed by atoms with Crippen molar-refractivity contribution in [2.45, 2.75) is 26.3 Å². The summed E-state index contributed by atoms with van der Waals surface area (Å²) in [6.07, 6.45) is 2.71. The second kappa shape index (κ2) is 7.43. The normalized spacial score (nSPS) is 12.2. The molecule has 3 nitrogen and oxygen atoms in total. The van der Waals surface area contributed by atoms with E-state index in [1.165, 1.54) is 5.56 Å². The Morgan fingerprint density at radius 1 is 1.29 bits per heavy atom. The highest BCUT2D eigenvalue weighted by Crippen LogP contribution is 2.30. The zero-order valence-corrected chi connectivity index (χ0v) is 13.4. The highest BCUT2D eigenvalue weighted by molar-refractivity contribution is 6.30. The van der Waals surface area contributed by atoms with Crippen molar-refractivity contribution >= 4 is 11.6 Å². The molecule has 1 aromatic heterocycles. The fourth-order valence-corrected chi connectivity index (χ4v) is 2.50. The summed E-state index contributed by atoms with van der Waals surface area (Å²) in [4.78, 5) is 4.49. The van der Waals surface area contributed by atoms with E-state index in [2.05, 4.69) is 29.4 Å². The molecule has 0 spiro atoms. The lowest BCUT2D eigenvalue weighted by Crippen LogP contribution is -2.23. The maximum atomic E-state index is 6.04. The largest absolute Gasteiger partial charge is 0.496 e. The van der Waals surface area contributed by atoms with Crippen LogP contribution in [0.4, 0.5) is 0 Å². The zero-order valence-electron chi connectivity index (χ0n) is 12.7. The molecule has 0 aliphatic carbocycles. The number of likely N-dealkylation sites (N-methyl/N-ethyl adjacent to an activating group) is 1. The van der Waals surface area contributed by atoms with Gasteiger partial charge in [0.1, 0.15) is 5.75 Å². The molecule has 0 amide bonds. The summed E-state index contributed by atoms with van der Waals surface area (Å²) in [7, 11) is 1.67. The third kappa shape index (κ3) is 4.19. The molecule has 0 bridgehead atoms. The van der Waals surface area contributed by atoms with Crippen LogP contribution < -0.4 is 10.1 Å². The fourth-order valence-electron chi connectivity index (χ4n) is 2.34. The smallest absolute Gasteiger partial charge is 0.125 e. The minimum atomic E-state index is 0.150. The second-order valence-electron chi connectivity index (χ2n) is 5.03. The molecule has 1 unspecified atom stereocenters. The van der Waals surface area contributed by atoms with Crippen molar-refractivity contribution in [2.75, 3.05) is 13.7 Å². The number of benzene rings is 1.